The molecule has 3 rings (SSSR count). The van der Waals surface area contributed by atoms with Crippen molar-refractivity contribution in [2.24, 2.45) is 5.10 Å². The molecule has 120 valence electrons. The number of carbonyl (C=O) groups excluding carboxylic acids is 1. The second-order valence-corrected chi connectivity index (χ2v) is 4.92. The average molecular weight is 317 g/mol. The zero-order valence-corrected chi connectivity index (χ0v) is 12.2. The number of ether oxygens (including phenoxy) is 1. The maximum atomic E-state index is 12.2. The van der Waals surface area contributed by atoms with E-state index in [0.29, 0.717) is 31.9 Å². The van der Waals surface area contributed by atoms with Gasteiger partial charge in [-0.15, -0.1) is 9.89 Å². The number of amides is 1. The Morgan fingerprint density at radius 1 is 1.30 bits per heavy atom. The van der Waals surface area contributed by atoms with Gasteiger partial charge in [0.05, 0.1) is 19.4 Å². The van der Waals surface area contributed by atoms with Crippen LogP contribution < -0.4 is 5.56 Å². The minimum absolute atomic E-state index is 0.138. The van der Waals surface area contributed by atoms with Gasteiger partial charge in [0, 0.05) is 13.1 Å². The maximum Gasteiger partial charge on any atom is 0.320 e. The third-order valence-corrected chi connectivity index (χ3v) is 3.37. The smallest absolute Gasteiger partial charge is 0.320 e. The zero-order chi connectivity index (χ0) is 16.2. The Kier molecular flexibility index (Phi) is 4.20. The monoisotopic (exact) mass is 317 g/mol. The lowest BCUT2D eigenvalue weighted by atomic mass is 10.2. The van der Waals surface area contributed by atoms with E-state index >= 15 is 0 Å². The quantitative estimate of drug-likeness (QED) is 0.750. The number of benzene rings is 1. The van der Waals surface area contributed by atoms with E-state index in [-0.39, 0.29) is 11.4 Å². The summed E-state index contributed by atoms with van der Waals surface area (Å²) in [5.74, 6) is -0.299. The summed E-state index contributed by atoms with van der Waals surface area (Å²) in [7, 11) is 0. The lowest BCUT2D eigenvalue weighted by Gasteiger charge is -2.25. The van der Waals surface area contributed by atoms with Gasteiger partial charge in [0.15, 0.2) is 0 Å². The van der Waals surface area contributed by atoms with Crippen LogP contribution in [0.15, 0.2) is 34.2 Å². The Morgan fingerprint density at radius 2 is 2.00 bits per heavy atom. The van der Waals surface area contributed by atoms with E-state index in [1.165, 1.54) is 23.2 Å². The lowest BCUT2D eigenvalue weighted by molar-refractivity contribution is 0.0298. The molecule has 1 fully saturated rings. The molecule has 1 aliphatic rings. The number of phenolic OH excluding ortho intramolecular Hbond substituents is 1. The molecule has 1 amide bonds. The van der Waals surface area contributed by atoms with Crippen molar-refractivity contribution >= 4 is 12.1 Å². The number of nitrogens with zero attached hydrogens (tertiary/aromatic N) is 4. The first kappa shape index (κ1) is 15.0. The van der Waals surface area contributed by atoms with Crippen molar-refractivity contribution in [2.45, 2.75) is 0 Å². The van der Waals surface area contributed by atoms with E-state index in [0.717, 1.165) is 4.79 Å². The van der Waals surface area contributed by atoms with Crippen LogP contribution in [0.1, 0.15) is 16.1 Å². The standard InChI is InChI=1S/C14H15N5O4/c20-11-3-1-10(2-4-11)9-15-19-14(22)12(16-17-19)13(21)18-5-7-23-8-6-18/h1-4,9,17,20H,5-8H2. The number of aromatic nitrogens is 3. The van der Waals surface area contributed by atoms with Gasteiger partial charge < -0.3 is 14.7 Å². The fourth-order valence-corrected chi connectivity index (χ4v) is 2.11. The molecule has 0 atom stereocenters. The van der Waals surface area contributed by atoms with Crippen LogP contribution in [0, 0.1) is 0 Å². The first-order valence-corrected chi connectivity index (χ1v) is 7.03. The van der Waals surface area contributed by atoms with Gasteiger partial charge in [-0.2, -0.15) is 10.3 Å². The molecule has 1 aromatic carbocycles. The lowest BCUT2D eigenvalue weighted by Crippen LogP contribution is -2.42. The van der Waals surface area contributed by atoms with Crippen LogP contribution in [0.2, 0.25) is 0 Å². The van der Waals surface area contributed by atoms with Crippen molar-refractivity contribution in [2.75, 3.05) is 26.3 Å². The summed E-state index contributed by atoms with van der Waals surface area (Å²) in [6, 6.07) is 6.29. The number of aromatic amines is 1. The van der Waals surface area contributed by atoms with Crippen molar-refractivity contribution < 1.29 is 14.6 Å². The second-order valence-electron chi connectivity index (χ2n) is 4.92. The number of nitrogens with one attached hydrogen (secondary N) is 1. The number of phenols is 1. The first-order valence-electron chi connectivity index (χ1n) is 7.03. The number of hydrogen-bond acceptors (Lipinski definition) is 6. The van der Waals surface area contributed by atoms with Crippen molar-refractivity contribution in [3.63, 3.8) is 0 Å². The highest BCUT2D eigenvalue weighted by molar-refractivity contribution is 5.92. The number of morpholine rings is 1. The van der Waals surface area contributed by atoms with Gasteiger partial charge in [0.1, 0.15) is 5.75 Å². The molecule has 1 aliphatic heterocycles. The Bertz CT molecular complexity index is 771. The van der Waals surface area contributed by atoms with Gasteiger partial charge in [-0.3, -0.25) is 9.59 Å². The first-order chi connectivity index (χ1) is 11.1. The molecule has 2 heterocycles. The van der Waals surface area contributed by atoms with Crippen LogP contribution in [0.3, 0.4) is 0 Å². The highest BCUT2D eigenvalue weighted by Gasteiger charge is 2.24. The van der Waals surface area contributed by atoms with Gasteiger partial charge in [0.2, 0.25) is 5.69 Å². The summed E-state index contributed by atoms with van der Waals surface area (Å²) in [6.45, 7) is 1.76. The number of H-pyrrole nitrogens is 1. The Labute approximate surface area is 130 Å². The van der Waals surface area contributed by atoms with Gasteiger partial charge in [-0.05, 0) is 29.8 Å². The highest BCUT2D eigenvalue weighted by Crippen LogP contribution is 2.07. The molecular formula is C14H15N5O4. The van der Waals surface area contributed by atoms with Crippen LogP contribution in [0.4, 0.5) is 0 Å². The number of aromatic hydroxyl groups is 1. The number of hydrogen-bond donors (Lipinski definition) is 2. The van der Waals surface area contributed by atoms with Crippen molar-refractivity contribution in [1.82, 2.24) is 20.0 Å². The highest BCUT2D eigenvalue weighted by atomic mass is 16.5. The molecule has 0 bridgehead atoms. The molecule has 0 unspecified atom stereocenters. The molecular weight excluding hydrogens is 302 g/mol. The average Bonchev–Trinajstić information content (AvgIpc) is 2.95. The SMILES string of the molecule is O=C(c1n[nH]n(N=Cc2ccc(O)cc2)c1=O)N1CCOCC1. The minimum atomic E-state index is -0.614. The normalized spacial score (nSPS) is 15.2. The summed E-state index contributed by atoms with van der Waals surface area (Å²) in [4.78, 5) is 26.8. The molecule has 23 heavy (non-hydrogen) atoms. The van der Waals surface area contributed by atoms with E-state index < -0.39 is 11.5 Å². The number of carbonyl (C=O) groups is 1. The van der Waals surface area contributed by atoms with Crippen LogP contribution >= 0.6 is 0 Å². The molecule has 2 N–H and O–H groups in total. The topological polar surface area (TPSA) is 113 Å². The van der Waals surface area contributed by atoms with Crippen LogP contribution in [-0.2, 0) is 4.74 Å². The van der Waals surface area contributed by atoms with Crippen LogP contribution in [0.25, 0.3) is 0 Å². The van der Waals surface area contributed by atoms with E-state index in [4.69, 9.17) is 4.74 Å². The maximum absolute atomic E-state index is 12.2. The molecule has 9 heteroatoms. The third kappa shape index (κ3) is 3.29. The van der Waals surface area contributed by atoms with Gasteiger partial charge >= 0.3 is 5.56 Å². The van der Waals surface area contributed by atoms with E-state index in [1.54, 1.807) is 12.1 Å². The number of rotatable bonds is 3. The Morgan fingerprint density at radius 3 is 2.70 bits per heavy atom. The molecule has 0 radical (unpaired) electrons. The molecule has 1 saturated heterocycles. The van der Waals surface area contributed by atoms with Gasteiger partial charge in [-0.25, -0.2) is 0 Å². The summed E-state index contributed by atoms with van der Waals surface area (Å²) < 4.78 is 5.17. The Balaban J connectivity index is 1.77. The molecule has 2 aromatic rings. The fraction of sp³-hybridized carbons (Fsp3) is 0.286. The van der Waals surface area contributed by atoms with Crippen LogP contribution in [0.5, 0.6) is 5.75 Å². The van der Waals surface area contributed by atoms with Gasteiger partial charge in [-0.1, -0.05) is 0 Å². The van der Waals surface area contributed by atoms with E-state index in [9.17, 15) is 14.7 Å². The second kappa shape index (κ2) is 6.44. The minimum Gasteiger partial charge on any atom is -0.508 e. The molecule has 0 spiro atoms. The van der Waals surface area contributed by atoms with Crippen molar-refractivity contribution in [3.8, 4) is 5.75 Å². The summed E-state index contributed by atoms with van der Waals surface area (Å²) >= 11 is 0. The Hall–Kier alpha value is -2.94. The summed E-state index contributed by atoms with van der Waals surface area (Å²) in [6.07, 6.45) is 1.42. The van der Waals surface area contributed by atoms with E-state index in [1.807, 2.05) is 0 Å². The fourth-order valence-electron chi connectivity index (χ4n) is 2.11. The molecule has 0 saturated carbocycles. The van der Waals surface area contributed by atoms with Gasteiger partial charge in [0.25, 0.3) is 5.91 Å². The predicted octanol–water partition coefficient (Wildman–Crippen LogP) is -0.368. The van der Waals surface area contributed by atoms with E-state index in [2.05, 4.69) is 15.4 Å². The van der Waals surface area contributed by atoms with Crippen molar-refractivity contribution in [1.29, 1.82) is 0 Å². The molecule has 1 aromatic heterocycles. The zero-order valence-electron chi connectivity index (χ0n) is 12.2. The summed E-state index contributed by atoms with van der Waals surface area (Å²) in [5.41, 5.74) is -0.128. The third-order valence-electron chi connectivity index (χ3n) is 3.37. The van der Waals surface area contributed by atoms with Crippen LogP contribution in [-0.4, -0.2) is 63.5 Å². The van der Waals surface area contributed by atoms with Crippen molar-refractivity contribution in [3.05, 3.63) is 45.9 Å². The predicted molar refractivity (Wildman–Crippen MR) is 80.7 cm³/mol. The molecule has 9 nitrogen and oxygen atoms in total. The summed E-state index contributed by atoms with van der Waals surface area (Å²) in [5, 5.41) is 19.3. The molecule has 0 aliphatic carbocycles. The largest absolute Gasteiger partial charge is 0.508 e.